The maximum Gasteiger partial charge on any atom is 0.210 e. The molecule has 0 aromatic rings. The van der Waals surface area contributed by atoms with E-state index in [4.69, 9.17) is 0 Å². The Hall–Kier alpha value is -1.52. The third kappa shape index (κ3) is 25.1. The third-order valence-corrected chi connectivity index (χ3v) is 0.934. The molecule has 74 valence electrons. The van der Waals surface area contributed by atoms with Crippen LogP contribution in [-0.4, -0.2) is 23.0 Å². The van der Waals surface area contributed by atoms with Gasteiger partial charge in [-0.3, -0.25) is 19.7 Å². The van der Waals surface area contributed by atoms with E-state index in [9.17, 15) is 19.7 Å². The molecule has 0 saturated heterocycles. The summed E-state index contributed by atoms with van der Waals surface area (Å²) in [6.07, 6.45) is 1.33. The quantitative estimate of drug-likeness (QED) is 0.373. The Morgan fingerprint density at radius 1 is 1.46 bits per heavy atom. The van der Waals surface area contributed by atoms with Crippen molar-refractivity contribution in [2.75, 3.05) is 6.54 Å². The number of ketones is 2. The SMILES string of the molecule is C=CC(C)=O.CC(=O)CC[N+](=O)[O-]. The van der Waals surface area contributed by atoms with Crippen molar-refractivity contribution in [3.8, 4) is 0 Å². The van der Waals surface area contributed by atoms with Crippen LogP contribution in [0.1, 0.15) is 20.3 Å². The third-order valence-electron chi connectivity index (χ3n) is 0.934. The van der Waals surface area contributed by atoms with Crippen molar-refractivity contribution >= 4 is 11.6 Å². The van der Waals surface area contributed by atoms with Gasteiger partial charge in [-0.05, 0) is 19.9 Å². The van der Waals surface area contributed by atoms with E-state index in [1.165, 1.54) is 19.9 Å². The van der Waals surface area contributed by atoms with E-state index in [-0.39, 0.29) is 24.5 Å². The Morgan fingerprint density at radius 3 is 1.92 bits per heavy atom. The van der Waals surface area contributed by atoms with Crippen molar-refractivity contribution in [2.24, 2.45) is 0 Å². The fraction of sp³-hybridized carbons (Fsp3) is 0.500. The number of carbonyl (C=O) groups excluding carboxylic acids is 2. The maximum absolute atomic E-state index is 10.0. The van der Waals surface area contributed by atoms with Crippen LogP contribution in [0.5, 0.6) is 0 Å². The van der Waals surface area contributed by atoms with Crippen molar-refractivity contribution in [3.05, 3.63) is 22.8 Å². The summed E-state index contributed by atoms with van der Waals surface area (Å²) in [4.78, 5) is 28.8. The van der Waals surface area contributed by atoms with Crippen molar-refractivity contribution in [2.45, 2.75) is 20.3 Å². The zero-order chi connectivity index (χ0) is 10.9. The first-order chi connectivity index (χ1) is 5.90. The highest BCUT2D eigenvalue weighted by molar-refractivity contribution is 5.86. The fourth-order valence-corrected chi connectivity index (χ4v) is 0.249. The summed E-state index contributed by atoms with van der Waals surface area (Å²) in [5.74, 6) is -0.119. The van der Waals surface area contributed by atoms with Gasteiger partial charge >= 0.3 is 0 Å². The van der Waals surface area contributed by atoms with E-state index in [1.807, 2.05) is 0 Å². The molecule has 0 spiro atoms. The molecule has 0 aliphatic carbocycles. The number of allylic oxidation sites excluding steroid dienone is 1. The van der Waals surface area contributed by atoms with Crippen LogP contribution in [0.25, 0.3) is 0 Å². The molecule has 0 bridgehead atoms. The van der Waals surface area contributed by atoms with Crippen molar-refractivity contribution in [1.82, 2.24) is 0 Å². The first-order valence-corrected chi connectivity index (χ1v) is 3.64. The van der Waals surface area contributed by atoms with Crippen LogP contribution >= 0.6 is 0 Å². The number of Topliss-reactive ketones (excluding diaryl/α,β-unsaturated/α-hetero) is 1. The lowest BCUT2D eigenvalue weighted by Gasteiger charge is -1.85. The number of rotatable bonds is 4. The summed E-state index contributed by atoms with van der Waals surface area (Å²) in [5.41, 5.74) is 0. The van der Waals surface area contributed by atoms with Gasteiger partial charge in [-0.2, -0.15) is 0 Å². The minimum Gasteiger partial charge on any atom is -0.300 e. The molecule has 0 amide bonds. The maximum atomic E-state index is 10.0. The summed E-state index contributed by atoms with van der Waals surface area (Å²) in [5, 5.41) is 9.56. The molecule has 0 aromatic carbocycles. The first kappa shape index (κ1) is 14.0. The summed E-state index contributed by atoms with van der Waals surface area (Å²) in [6, 6.07) is 0. The van der Waals surface area contributed by atoms with Gasteiger partial charge in [0.05, 0.1) is 6.42 Å². The molecular formula is C8H13NO4. The normalized spacial score (nSPS) is 7.85. The monoisotopic (exact) mass is 187 g/mol. The van der Waals surface area contributed by atoms with Gasteiger partial charge in [-0.15, -0.1) is 0 Å². The standard InChI is InChI=1S/C4H7NO3.C4H6O/c1-4(6)2-3-5(7)8;1-3-4(2)5/h2-3H2,1H3;3H,1H2,2H3. The van der Waals surface area contributed by atoms with Crippen LogP contribution in [-0.2, 0) is 9.59 Å². The molecule has 0 aliphatic rings. The summed E-state index contributed by atoms with van der Waals surface area (Å²) in [7, 11) is 0. The van der Waals surface area contributed by atoms with Crippen LogP contribution in [0.4, 0.5) is 0 Å². The van der Waals surface area contributed by atoms with Gasteiger partial charge in [-0.1, -0.05) is 6.58 Å². The molecule has 0 aromatic heterocycles. The average molecular weight is 187 g/mol. The summed E-state index contributed by atoms with van der Waals surface area (Å²) >= 11 is 0. The van der Waals surface area contributed by atoms with E-state index in [0.717, 1.165) is 0 Å². The van der Waals surface area contributed by atoms with Gasteiger partial charge in [-0.25, -0.2) is 0 Å². The molecule has 0 radical (unpaired) electrons. The van der Waals surface area contributed by atoms with E-state index in [0.29, 0.717) is 0 Å². The van der Waals surface area contributed by atoms with Gasteiger partial charge in [0.2, 0.25) is 6.54 Å². The zero-order valence-corrected chi connectivity index (χ0v) is 7.78. The molecule has 5 heteroatoms. The molecule has 0 aliphatic heterocycles. The molecule has 0 fully saturated rings. The second kappa shape index (κ2) is 8.58. The number of nitro groups is 1. The largest absolute Gasteiger partial charge is 0.300 e. The number of hydrogen-bond donors (Lipinski definition) is 0. The lowest BCUT2D eigenvalue weighted by atomic mass is 10.3. The lowest BCUT2D eigenvalue weighted by Crippen LogP contribution is -2.04. The van der Waals surface area contributed by atoms with E-state index < -0.39 is 4.92 Å². The van der Waals surface area contributed by atoms with Gasteiger partial charge in [0.25, 0.3) is 0 Å². The molecule has 13 heavy (non-hydrogen) atoms. The van der Waals surface area contributed by atoms with Crippen LogP contribution in [0.3, 0.4) is 0 Å². The molecule has 0 unspecified atom stereocenters. The first-order valence-electron chi connectivity index (χ1n) is 3.64. The Bertz CT molecular complexity index is 196. The molecule has 0 saturated carbocycles. The smallest absolute Gasteiger partial charge is 0.210 e. The predicted octanol–water partition coefficient (Wildman–Crippen LogP) is 1.00. The Morgan fingerprint density at radius 2 is 1.85 bits per heavy atom. The van der Waals surface area contributed by atoms with Crippen molar-refractivity contribution < 1.29 is 14.5 Å². The number of nitrogens with zero attached hydrogens (tertiary/aromatic N) is 1. The zero-order valence-electron chi connectivity index (χ0n) is 7.78. The van der Waals surface area contributed by atoms with Gasteiger partial charge in [0, 0.05) is 4.92 Å². The summed E-state index contributed by atoms with van der Waals surface area (Å²) < 4.78 is 0. The highest BCUT2D eigenvalue weighted by Gasteiger charge is 1.98. The highest BCUT2D eigenvalue weighted by Crippen LogP contribution is 1.80. The van der Waals surface area contributed by atoms with E-state index in [1.54, 1.807) is 0 Å². The Balaban J connectivity index is 0. The van der Waals surface area contributed by atoms with Crippen molar-refractivity contribution in [3.63, 3.8) is 0 Å². The second-order valence-electron chi connectivity index (χ2n) is 2.32. The molecular weight excluding hydrogens is 174 g/mol. The minimum atomic E-state index is -0.499. The van der Waals surface area contributed by atoms with E-state index in [2.05, 4.69) is 6.58 Å². The second-order valence-corrected chi connectivity index (χ2v) is 2.32. The minimum absolute atomic E-state index is 0.0185. The Kier molecular flexibility index (Phi) is 9.25. The Labute approximate surface area is 76.6 Å². The molecule has 5 nitrogen and oxygen atoms in total. The topological polar surface area (TPSA) is 77.3 Å². The molecule has 0 N–H and O–H groups in total. The van der Waals surface area contributed by atoms with Gasteiger partial charge in [0.15, 0.2) is 5.78 Å². The lowest BCUT2D eigenvalue weighted by molar-refractivity contribution is -0.478. The van der Waals surface area contributed by atoms with Crippen LogP contribution in [0.2, 0.25) is 0 Å². The van der Waals surface area contributed by atoms with Gasteiger partial charge in [0.1, 0.15) is 5.78 Å². The molecule has 0 heterocycles. The predicted molar refractivity (Wildman–Crippen MR) is 48.0 cm³/mol. The van der Waals surface area contributed by atoms with E-state index >= 15 is 0 Å². The number of carbonyl (C=O) groups is 2. The highest BCUT2D eigenvalue weighted by atomic mass is 16.6. The van der Waals surface area contributed by atoms with Crippen LogP contribution in [0, 0.1) is 10.1 Å². The number of hydrogen-bond acceptors (Lipinski definition) is 4. The molecule has 0 atom stereocenters. The average Bonchev–Trinajstić information content (AvgIpc) is 2.02. The van der Waals surface area contributed by atoms with Crippen LogP contribution in [0.15, 0.2) is 12.7 Å². The van der Waals surface area contributed by atoms with Crippen LogP contribution < -0.4 is 0 Å². The molecule has 0 rings (SSSR count). The summed E-state index contributed by atoms with van der Waals surface area (Å²) in [6.45, 7) is 5.77. The fourth-order valence-electron chi connectivity index (χ4n) is 0.249. The van der Waals surface area contributed by atoms with Gasteiger partial charge < -0.3 is 0 Å². The van der Waals surface area contributed by atoms with Crippen molar-refractivity contribution in [1.29, 1.82) is 0 Å².